The minimum atomic E-state index is -0.347. The topological polar surface area (TPSA) is 52.3 Å². The molecular weight excluding hydrogens is 206 g/mol. The van der Waals surface area contributed by atoms with Crippen LogP contribution in [0, 0.1) is 6.92 Å². The molecule has 0 aliphatic carbocycles. The molecule has 0 unspecified atom stereocenters. The molecule has 0 aliphatic heterocycles. The number of carbonyl (C=O) groups is 1. The maximum atomic E-state index is 11.2. The van der Waals surface area contributed by atoms with Crippen LogP contribution >= 0.6 is 0 Å². The summed E-state index contributed by atoms with van der Waals surface area (Å²) in [5.74, 6) is 0.342. The van der Waals surface area contributed by atoms with Gasteiger partial charge in [-0.2, -0.15) is 0 Å². The van der Waals surface area contributed by atoms with Crippen LogP contribution in [0.5, 0.6) is 0 Å². The lowest BCUT2D eigenvalue weighted by Gasteiger charge is -1.99. The third kappa shape index (κ3) is 1.95. The van der Waals surface area contributed by atoms with Crippen LogP contribution in [-0.4, -0.2) is 18.2 Å². The van der Waals surface area contributed by atoms with E-state index in [1.165, 1.54) is 7.11 Å². The number of nitrogens with zero attached hydrogens (tertiary/aromatic N) is 1. The number of rotatable bonds is 2. The van der Waals surface area contributed by atoms with Crippen molar-refractivity contribution in [3.63, 3.8) is 0 Å². The Morgan fingerprint density at radius 3 is 2.50 bits per heavy atom. The Hall–Kier alpha value is -2.10. The highest BCUT2D eigenvalue weighted by atomic mass is 16.5. The molecule has 0 atom stereocenters. The lowest BCUT2D eigenvalue weighted by atomic mass is 10.1. The Kier molecular flexibility index (Phi) is 2.72. The maximum Gasteiger partial charge on any atom is 0.337 e. The standard InChI is InChI=1S/C12H11NO3/c1-8-7-11(16-13-8)9-3-5-10(6-4-9)12(14)15-2/h3-7H,1-2H3. The maximum absolute atomic E-state index is 11.2. The quantitative estimate of drug-likeness (QED) is 0.725. The summed E-state index contributed by atoms with van der Waals surface area (Å²) in [6.45, 7) is 1.86. The lowest BCUT2D eigenvalue weighted by molar-refractivity contribution is 0.0601. The van der Waals surface area contributed by atoms with Gasteiger partial charge in [0.2, 0.25) is 0 Å². The van der Waals surface area contributed by atoms with Crippen LogP contribution in [0.25, 0.3) is 11.3 Å². The monoisotopic (exact) mass is 217 g/mol. The number of ether oxygens (including phenoxy) is 1. The van der Waals surface area contributed by atoms with Crippen LogP contribution in [0.1, 0.15) is 16.1 Å². The van der Waals surface area contributed by atoms with E-state index in [0.29, 0.717) is 11.3 Å². The van der Waals surface area contributed by atoms with Crippen molar-refractivity contribution < 1.29 is 14.1 Å². The van der Waals surface area contributed by atoms with Crippen LogP contribution in [-0.2, 0) is 4.74 Å². The van der Waals surface area contributed by atoms with Gasteiger partial charge in [0.05, 0.1) is 18.4 Å². The highest BCUT2D eigenvalue weighted by molar-refractivity contribution is 5.89. The number of benzene rings is 1. The SMILES string of the molecule is COC(=O)c1ccc(-c2cc(C)no2)cc1. The van der Waals surface area contributed by atoms with Gasteiger partial charge in [0, 0.05) is 11.6 Å². The number of methoxy groups -OCH3 is 1. The fourth-order valence-corrected chi connectivity index (χ4v) is 1.39. The zero-order chi connectivity index (χ0) is 11.5. The van der Waals surface area contributed by atoms with E-state index in [1.54, 1.807) is 24.3 Å². The Balaban J connectivity index is 2.29. The van der Waals surface area contributed by atoms with Gasteiger partial charge in [-0.1, -0.05) is 17.3 Å². The highest BCUT2D eigenvalue weighted by Crippen LogP contribution is 2.20. The van der Waals surface area contributed by atoms with Crippen molar-refractivity contribution in [2.75, 3.05) is 7.11 Å². The molecule has 0 aliphatic rings. The fourth-order valence-electron chi connectivity index (χ4n) is 1.39. The molecular formula is C12H11NO3. The van der Waals surface area contributed by atoms with Gasteiger partial charge in [-0.05, 0) is 19.1 Å². The lowest BCUT2D eigenvalue weighted by Crippen LogP contribution is -2.00. The van der Waals surface area contributed by atoms with Crippen LogP contribution in [0.3, 0.4) is 0 Å². The van der Waals surface area contributed by atoms with Crippen molar-refractivity contribution in [3.05, 3.63) is 41.6 Å². The highest BCUT2D eigenvalue weighted by Gasteiger charge is 2.07. The Bertz CT molecular complexity index is 499. The van der Waals surface area contributed by atoms with E-state index >= 15 is 0 Å². The summed E-state index contributed by atoms with van der Waals surface area (Å²) < 4.78 is 9.72. The fraction of sp³-hybridized carbons (Fsp3) is 0.167. The van der Waals surface area contributed by atoms with E-state index in [-0.39, 0.29) is 5.97 Å². The average molecular weight is 217 g/mol. The number of aryl methyl sites for hydroxylation is 1. The van der Waals surface area contributed by atoms with E-state index in [0.717, 1.165) is 11.3 Å². The molecule has 16 heavy (non-hydrogen) atoms. The normalized spacial score (nSPS) is 10.1. The molecule has 1 aromatic heterocycles. The van der Waals surface area contributed by atoms with Gasteiger partial charge >= 0.3 is 5.97 Å². The molecule has 0 N–H and O–H groups in total. The molecule has 4 heteroatoms. The molecule has 0 spiro atoms. The van der Waals surface area contributed by atoms with Crippen molar-refractivity contribution in [1.29, 1.82) is 0 Å². The van der Waals surface area contributed by atoms with E-state index < -0.39 is 0 Å². The van der Waals surface area contributed by atoms with Crippen LogP contribution in [0.4, 0.5) is 0 Å². The van der Waals surface area contributed by atoms with E-state index in [9.17, 15) is 4.79 Å². The molecule has 0 fully saturated rings. The predicted molar refractivity (Wildman–Crippen MR) is 58.0 cm³/mol. The molecule has 2 rings (SSSR count). The summed E-state index contributed by atoms with van der Waals surface area (Å²) in [5.41, 5.74) is 2.22. The van der Waals surface area contributed by atoms with Gasteiger partial charge in [0.1, 0.15) is 0 Å². The number of esters is 1. The number of aromatic nitrogens is 1. The van der Waals surface area contributed by atoms with Crippen LogP contribution in [0.15, 0.2) is 34.9 Å². The Morgan fingerprint density at radius 1 is 1.31 bits per heavy atom. The van der Waals surface area contributed by atoms with E-state index in [1.807, 2.05) is 13.0 Å². The van der Waals surface area contributed by atoms with E-state index in [2.05, 4.69) is 9.89 Å². The smallest absolute Gasteiger partial charge is 0.337 e. The van der Waals surface area contributed by atoms with Crippen LogP contribution < -0.4 is 0 Å². The molecule has 0 amide bonds. The van der Waals surface area contributed by atoms with Crippen LogP contribution in [0.2, 0.25) is 0 Å². The van der Waals surface area contributed by atoms with Crippen molar-refractivity contribution >= 4 is 5.97 Å². The predicted octanol–water partition coefficient (Wildman–Crippen LogP) is 2.44. The zero-order valence-electron chi connectivity index (χ0n) is 9.06. The van der Waals surface area contributed by atoms with E-state index in [4.69, 9.17) is 4.52 Å². The minimum Gasteiger partial charge on any atom is -0.465 e. The van der Waals surface area contributed by atoms with Gasteiger partial charge in [-0.15, -0.1) is 0 Å². The second-order valence-electron chi connectivity index (χ2n) is 3.40. The molecule has 82 valence electrons. The molecule has 1 aromatic carbocycles. The first-order valence-electron chi connectivity index (χ1n) is 4.83. The summed E-state index contributed by atoms with van der Waals surface area (Å²) in [7, 11) is 1.36. The summed E-state index contributed by atoms with van der Waals surface area (Å²) >= 11 is 0. The van der Waals surface area contributed by atoms with Gasteiger partial charge < -0.3 is 9.26 Å². The van der Waals surface area contributed by atoms with Crippen molar-refractivity contribution in [3.8, 4) is 11.3 Å². The number of carbonyl (C=O) groups excluding carboxylic acids is 1. The molecule has 0 bridgehead atoms. The number of hydrogen-bond acceptors (Lipinski definition) is 4. The number of hydrogen-bond donors (Lipinski definition) is 0. The van der Waals surface area contributed by atoms with Crippen molar-refractivity contribution in [2.45, 2.75) is 6.92 Å². The first-order chi connectivity index (χ1) is 7.70. The van der Waals surface area contributed by atoms with Gasteiger partial charge in [-0.25, -0.2) is 4.79 Å². The molecule has 0 saturated heterocycles. The van der Waals surface area contributed by atoms with Gasteiger partial charge in [0.25, 0.3) is 0 Å². The van der Waals surface area contributed by atoms with Gasteiger partial charge in [0.15, 0.2) is 5.76 Å². The molecule has 2 aromatic rings. The molecule has 0 radical (unpaired) electrons. The largest absolute Gasteiger partial charge is 0.465 e. The summed E-state index contributed by atoms with van der Waals surface area (Å²) in [4.78, 5) is 11.2. The minimum absolute atomic E-state index is 0.347. The Morgan fingerprint density at radius 2 is 2.00 bits per heavy atom. The second kappa shape index (κ2) is 4.18. The first kappa shape index (κ1) is 10.4. The third-order valence-corrected chi connectivity index (χ3v) is 2.22. The molecule has 0 saturated carbocycles. The van der Waals surface area contributed by atoms with Crippen molar-refractivity contribution in [1.82, 2.24) is 5.16 Å². The zero-order valence-corrected chi connectivity index (χ0v) is 9.06. The summed E-state index contributed by atoms with van der Waals surface area (Å²) in [5, 5.41) is 3.80. The van der Waals surface area contributed by atoms with Crippen molar-refractivity contribution in [2.24, 2.45) is 0 Å². The summed E-state index contributed by atoms with van der Waals surface area (Å²) in [6, 6.07) is 8.82. The average Bonchev–Trinajstić information content (AvgIpc) is 2.75. The summed E-state index contributed by atoms with van der Waals surface area (Å²) in [6.07, 6.45) is 0. The Labute approximate surface area is 92.8 Å². The second-order valence-corrected chi connectivity index (χ2v) is 3.40. The first-order valence-corrected chi connectivity index (χ1v) is 4.83. The molecule has 1 heterocycles. The third-order valence-electron chi connectivity index (χ3n) is 2.22. The van der Waals surface area contributed by atoms with Gasteiger partial charge in [-0.3, -0.25) is 0 Å². The molecule has 4 nitrogen and oxygen atoms in total.